The first-order valence-electron chi connectivity index (χ1n) is 10.8. The summed E-state index contributed by atoms with van der Waals surface area (Å²) in [5.41, 5.74) is 6.59. The second-order valence-electron chi connectivity index (χ2n) is 7.73. The van der Waals surface area contributed by atoms with Crippen LogP contribution in [0.25, 0.3) is 28.2 Å². The number of hydrogen-bond acceptors (Lipinski definition) is 6. The Labute approximate surface area is 191 Å². The molecule has 5 rings (SSSR count). The highest BCUT2D eigenvalue weighted by Gasteiger charge is 2.10. The molecule has 33 heavy (non-hydrogen) atoms. The molecule has 8 nitrogen and oxygen atoms in total. The number of ether oxygens (including phenoxy) is 1. The van der Waals surface area contributed by atoms with Gasteiger partial charge in [0.25, 0.3) is 0 Å². The van der Waals surface area contributed by atoms with Crippen LogP contribution in [0.3, 0.4) is 0 Å². The van der Waals surface area contributed by atoms with Crippen LogP contribution in [0.4, 0.5) is 0 Å². The monoisotopic (exact) mass is 437 g/mol. The first kappa shape index (κ1) is 20.6. The maximum atomic E-state index is 5.89. The van der Waals surface area contributed by atoms with Gasteiger partial charge in [-0.05, 0) is 71.1 Å². The maximum absolute atomic E-state index is 5.89. The standard InChI is InChI=1S/C25H23N7O/c1-18-4-10-23(16-27-18)33-14-2-3-21-15-22(32-13-12-26-17-32)9-11-24(21)19-5-7-20(8-6-19)25-28-30-31-29-25/h4-13,15-17H,2-3,14H2,1H3,(H,28,29,30,31). The smallest absolute Gasteiger partial charge is 0.179 e. The van der Waals surface area contributed by atoms with Crippen molar-refractivity contribution in [2.24, 2.45) is 0 Å². The molecule has 0 spiro atoms. The number of aryl methyl sites for hydroxylation is 2. The van der Waals surface area contributed by atoms with Gasteiger partial charge in [0.15, 0.2) is 5.82 Å². The molecule has 5 aromatic rings. The van der Waals surface area contributed by atoms with Crippen LogP contribution < -0.4 is 4.74 Å². The minimum Gasteiger partial charge on any atom is -0.492 e. The Balaban J connectivity index is 1.36. The molecule has 0 amide bonds. The van der Waals surface area contributed by atoms with Crippen molar-refractivity contribution in [2.45, 2.75) is 19.8 Å². The molecule has 3 aromatic heterocycles. The van der Waals surface area contributed by atoms with Crippen molar-refractivity contribution in [3.8, 4) is 34.0 Å². The van der Waals surface area contributed by atoms with E-state index in [1.807, 2.05) is 48.3 Å². The van der Waals surface area contributed by atoms with Crippen LogP contribution in [0.5, 0.6) is 5.75 Å². The summed E-state index contributed by atoms with van der Waals surface area (Å²) in [6.07, 6.45) is 9.08. The van der Waals surface area contributed by atoms with Gasteiger partial charge in [0, 0.05) is 29.3 Å². The molecule has 0 aliphatic heterocycles. The third-order valence-corrected chi connectivity index (χ3v) is 5.45. The van der Waals surface area contributed by atoms with Gasteiger partial charge < -0.3 is 9.30 Å². The fourth-order valence-electron chi connectivity index (χ4n) is 3.72. The molecule has 1 N–H and O–H groups in total. The summed E-state index contributed by atoms with van der Waals surface area (Å²) >= 11 is 0. The predicted molar refractivity (Wildman–Crippen MR) is 125 cm³/mol. The normalized spacial score (nSPS) is 10.9. The van der Waals surface area contributed by atoms with Gasteiger partial charge in [-0.15, -0.1) is 5.10 Å². The maximum Gasteiger partial charge on any atom is 0.179 e. The van der Waals surface area contributed by atoms with Crippen molar-refractivity contribution in [1.29, 1.82) is 0 Å². The molecule has 0 bridgehead atoms. The highest BCUT2D eigenvalue weighted by Crippen LogP contribution is 2.29. The van der Waals surface area contributed by atoms with Gasteiger partial charge in [0.2, 0.25) is 0 Å². The summed E-state index contributed by atoms with van der Waals surface area (Å²) in [6, 6.07) is 18.7. The Morgan fingerprint density at radius 1 is 1.00 bits per heavy atom. The van der Waals surface area contributed by atoms with Gasteiger partial charge in [-0.2, -0.15) is 0 Å². The number of pyridine rings is 1. The number of aromatic amines is 1. The van der Waals surface area contributed by atoms with Crippen molar-refractivity contribution in [2.75, 3.05) is 6.61 Å². The van der Waals surface area contributed by atoms with E-state index >= 15 is 0 Å². The SMILES string of the molecule is Cc1ccc(OCCCc2cc(-n3ccnc3)ccc2-c2ccc(-c3nnn[nH]3)cc2)cn1. The van der Waals surface area contributed by atoms with Crippen LogP contribution in [0.15, 0.2) is 79.5 Å². The molecule has 3 heterocycles. The van der Waals surface area contributed by atoms with E-state index in [4.69, 9.17) is 4.74 Å². The Hall–Kier alpha value is -4.33. The molecular weight excluding hydrogens is 414 g/mol. The first-order chi connectivity index (χ1) is 16.3. The number of rotatable bonds is 8. The molecule has 0 aliphatic rings. The number of nitrogens with zero attached hydrogens (tertiary/aromatic N) is 6. The number of H-pyrrole nitrogens is 1. The largest absolute Gasteiger partial charge is 0.492 e. The van der Waals surface area contributed by atoms with Crippen LogP contribution in [-0.2, 0) is 6.42 Å². The predicted octanol–water partition coefficient (Wildman–Crippen LogP) is 4.43. The molecule has 2 aromatic carbocycles. The zero-order valence-corrected chi connectivity index (χ0v) is 18.2. The fourth-order valence-corrected chi connectivity index (χ4v) is 3.72. The van der Waals surface area contributed by atoms with Crippen molar-refractivity contribution in [3.05, 3.63) is 90.8 Å². The van der Waals surface area contributed by atoms with E-state index in [9.17, 15) is 0 Å². The molecule has 8 heteroatoms. The topological polar surface area (TPSA) is 94.4 Å². The van der Waals surface area contributed by atoms with Crippen LogP contribution >= 0.6 is 0 Å². The van der Waals surface area contributed by atoms with Crippen LogP contribution in [-0.4, -0.2) is 41.8 Å². The molecule has 0 unspecified atom stereocenters. The number of hydrogen-bond donors (Lipinski definition) is 1. The van der Waals surface area contributed by atoms with Gasteiger partial charge in [0.05, 0.1) is 19.1 Å². The lowest BCUT2D eigenvalue weighted by atomic mass is 9.95. The second kappa shape index (κ2) is 9.44. The first-order valence-corrected chi connectivity index (χ1v) is 10.8. The second-order valence-corrected chi connectivity index (χ2v) is 7.73. The molecule has 0 saturated carbocycles. The van der Waals surface area contributed by atoms with Gasteiger partial charge >= 0.3 is 0 Å². The summed E-state index contributed by atoms with van der Waals surface area (Å²) in [7, 11) is 0. The third kappa shape index (κ3) is 4.79. The molecule has 164 valence electrons. The number of benzene rings is 2. The highest BCUT2D eigenvalue weighted by molar-refractivity contribution is 5.71. The van der Waals surface area contributed by atoms with Gasteiger partial charge in [0.1, 0.15) is 5.75 Å². The zero-order valence-electron chi connectivity index (χ0n) is 18.2. The third-order valence-electron chi connectivity index (χ3n) is 5.45. The fraction of sp³-hybridized carbons (Fsp3) is 0.160. The quantitative estimate of drug-likeness (QED) is 0.361. The van der Waals surface area contributed by atoms with E-state index in [2.05, 4.69) is 60.9 Å². The van der Waals surface area contributed by atoms with Gasteiger partial charge in [-0.3, -0.25) is 4.98 Å². The summed E-state index contributed by atoms with van der Waals surface area (Å²) in [5.74, 6) is 1.45. The average molecular weight is 438 g/mol. The van der Waals surface area contributed by atoms with Gasteiger partial charge in [-0.1, -0.05) is 30.3 Å². The van der Waals surface area contributed by atoms with Crippen molar-refractivity contribution in [3.63, 3.8) is 0 Å². The molecule has 0 saturated heterocycles. The van der Waals surface area contributed by atoms with E-state index in [0.29, 0.717) is 12.4 Å². The van der Waals surface area contributed by atoms with Crippen LogP contribution in [0.2, 0.25) is 0 Å². The Bertz CT molecular complexity index is 1300. The Kier molecular flexibility index (Phi) is 5.88. The van der Waals surface area contributed by atoms with E-state index in [-0.39, 0.29) is 0 Å². The van der Waals surface area contributed by atoms with E-state index < -0.39 is 0 Å². The summed E-state index contributed by atoms with van der Waals surface area (Å²) in [4.78, 5) is 8.46. The molecule has 0 aliphatic carbocycles. The molecule has 0 atom stereocenters. The average Bonchev–Trinajstić information content (AvgIpc) is 3.58. The summed E-state index contributed by atoms with van der Waals surface area (Å²) in [5, 5.41) is 14.1. The minimum absolute atomic E-state index is 0.622. The van der Waals surface area contributed by atoms with Crippen molar-refractivity contribution in [1.82, 2.24) is 35.2 Å². The van der Waals surface area contributed by atoms with E-state index in [0.717, 1.165) is 41.1 Å². The molecule has 0 radical (unpaired) electrons. The Morgan fingerprint density at radius 2 is 1.88 bits per heavy atom. The molecular formula is C25H23N7O. The highest BCUT2D eigenvalue weighted by atomic mass is 16.5. The lowest BCUT2D eigenvalue weighted by molar-refractivity contribution is 0.310. The van der Waals surface area contributed by atoms with Gasteiger partial charge in [-0.25, -0.2) is 10.1 Å². The number of imidazole rings is 1. The number of nitrogens with one attached hydrogen (secondary N) is 1. The lowest BCUT2D eigenvalue weighted by Gasteiger charge is -2.14. The van der Waals surface area contributed by atoms with Crippen LogP contribution in [0, 0.1) is 6.92 Å². The van der Waals surface area contributed by atoms with Crippen molar-refractivity contribution < 1.29 is 4.74 Å². The number of aromatic nitrogens is 7. The van der Waals surface area contributed by atoms with E-state index in [1.165, 1.54) is 11.1 Å². The van der Waals surface area contributed by atoms with Crippen LogP contribution in [0.1, 0.15) is 17.7 Å². The number of tetrazole rings is 1. The molecule has 0 fully saturated rings. The zero-order chi connectivity index (χ0) is 22.5. The summed E-state index contributed by atoms with van der Waals surface area (Å²) in [6.45, 7) is 2.59. The minimum atomic E-state index is 0.622. The van der Waals surface area contributed by atoms with E-state index in [1.54, 1.807) is 12.4 Å². The lowest BCUT2D eigenvalue weighted by Crippen LogP contribution is -2.02. The summed E-state index contributed by atoms with van der Waals surface area (Å²) < 4.78 is 7.90. The Morgan fingerprint density at radius 3 is 2.61 bits per heavy atom. The van der Waals surface area contributed by atoms with Crippen molar-refractivity contribution >= 4 is 0 Å².